The van der Waals surface area contributed by atoms with Crippen LogP contribution in [-0.4, -0.2) is 55.8 Å². The van der Waals surface area contributed by atoms with Gasteiger partial charge in [-0.15, -0.1) is 0 Å². The lowest BCUT2D eigenvalue weighted by atomic mass is 10.2. The van der Waals surface area contributed by atoms with Crippen molar-refractivity contribution in [3.05, 3.63) is 18.0 Å². The summed E-state index contributed by atoms with van der Waals surface area (Å²) < 4.78 is 43.2. The highest BCUT2D eigenvalue weighted by Gasteiger charge is 2.32. The van der Waals surface area contributed by atoms with E-state index >= 15 is 0 Å². The Labute approximate surface area is 151 Å². The fraction of sp³-hybridized carbons (Fsp3) is 0.688. The van der Waals surface area contributed by atoms with Crippen LogP contribution in [0.1, 0.15) is 26.0 Å². The molecular formula is C16H27F3N6O. The maximum absolute atomic E-state index is 12.6. The molecule has 26 heavy (non-hydrogen) atoms. The second kappa shape index (κ2) is 11.5. The van der Waals surface area contributed by atoms with Crippen molar-refractivity contribution in [2.75, 3.05) is 45.2 Å². The molecule has 0 aromatic carbocycles. The summed E-state index contributed by atoms with van der Waals surface area (Å²) in [6, 6.07) is 0.833. The first kappa shape index (κ1) is 21.9. The summed E-state index contributed by atoms with van der Waals surface area (Å²) in [5.74, 6) is 1.07. The number of nitrogens with one attached hydrogen (secondary N) is 3. The molecule has 148 valence electrons. The van der Waals surface area contributed by atoms with Crippen molar-refractivity contribution >= 4 is 11.9 Å². The quantitative estimate of drug-likeness (QED) is 0.330. The van der Waals surface area contributed by atoms with Crippen molar-refractivity contribution < 1.29 is 17.9 Å². The zero-order chi connectivity index (χ0) is 19.4. The van der Waals surface area contributed by atoms with Gasteiger partial charge in [0.2, 0.25) is 5.95 Å². The zero-order valence-electron chi connectivity index (χ0n) is 15.4. The van der Waals surface area contributed by atoms with E-state index in [2.05, 4.69) is 44.8 Å². The van der Waals surface area contributed by atoms with Crippen LogP contribution < -0.4 is 16.0 Å². The first-order valence-electron chi connectivity index (χ1n) is 8.49. The average Bonchev–Trinajstić information content (AvgIpc) is 2.59. The molecule has 0 atom stereocenters. The molecule has 1 aromatic heterocycles. The van der Waals surface area contributed by atoms with E-state index in [4.69, 9.17) is 4.74 Å². The Morgan fingerprint density at radius 2 is 1.96 bits per heavy atom. The van der Waals surface area contributed by atoms with Crippen molar-refractivity contribution in [2.24, 2.45) is 10.9 Å². The number of hydrogen-bond donors (Lipinski definition) is 3. The van der Waals surface area contributed by atoms with Crippen molar-refractivity contribution in [3.63, 3.8) is 0 Å². The van der Waals surface area contributed by atoms with E-state index < -0.39 is 11.9 Å². The van der Waals surface area contributed by atoms with E-state index in [1.807, 2.05) is 0 Å². The highest BCUT2D eigenvalue weighted by molar-refractivity contribution is 5.79. The van der Waals surface area contributed by atoms with Gasteiger partial charge in [-0.2, -0.15) is 13.2 Å². The minimum atomic E-state index is -4.48. The van der Waals surface area contributed by atoms with Crippen LogP contribution in [-0.2, 0) is 10.9 Å². The molecule has 0 aliphatic carbocycles. The predicted molar refractivity (Wildman–Crippen MR) is 95.2 cm³/mol. The first-order chi connectivity index (χ1) is 12.3. The number of guanidine groups is 1. The highest BCUT2D eigenvalue weighted by atomic mass is 19.4. The minimum absolute atomic E-state index is 0.0631. The number of rotatable bonds is 10. The zero-order valence-corrected chi connectivity index (χ0v) is 15.4. The third-order valence-electron chi connectivity index (χ3n) is 3.08. The van der Waals surface area contributed by atoms with Crippen molar-refractivity contribution in [1.29, 1.82) is 0 Å². The largest absolute Gasteiger partial charge is 0.433 e. The van der Waals surface area contributed by atoms with E-state index in [-0.39, 0.29) is 5.95 Å². The molecule has 0 bridgehead atoms. The summed E-state index contributed by atoms with van der Waals surface area (Å²) in [4.78, 5) is 11.3. The van der Waals surface area contributed by atoms with Gasteiger partial charge in [0.1, 0.15) is 5.69 Å². The molecule has 0 aliphatic heterocycles. The van der Waals surface area contributed by atoms with E-state index in [0.717, 1.165) is 25.3 Å². The van der Waals surface area contributed by atoms with Gasteiger partial charge in [-0.1, -0.05) is 13.8 Å². The van der Waals surface area contributed by atoms with Gasteiger partial charge in [-0.25, -0.2) is 9.97 Å². The van der Waals surface area contributed by atoms with Gasteiger partial charge < -0.3 is 20.7 Å². The Morgan fingerprint density at radius 3 is 2.62 bits per heavy atom. The normalized spacial score (nSPS) is 12.3. The molecule has 0 spiro atoms. The molecule has 0 unspecified atom stereocenters. The molecule has 0 amide bonds. The van der Waals surface area contributed by atoms with Gasteiger partial charge in [0.15, 0.2) is 5.96 Å². The molecule has 0 aliphatic rings. The van der Waals surface area contributed by atoms with E-state index in [1.54, 1.807) is 7.05 Å². The van der Waals surface area contributed by atoms with Crippen LogP contribution in [0.2, 0.25) is 0 Å². The maximum Gasteiger partial charge on any atom is 0.433 e. The smallest absolute Gasteiger partial charge is 0.381 e. The number of halogens is 3. The summed E-state index contributed by atoms with van der Waals surface area (Å²) in [6.07, 6.45) is -2.56. The van der Waals surface area contributed by atoms with Gasteiger partial charge in [-0.3, -0.25) is 4.99 Å². The Hall–Kier alpha value is -2.10. The number of aromatic nitrogens is 2. The molecule has 1 heterocycles. The average molecular weight is 376 g/mol. The molecular weight excluding hydrogens is 349 g/mol. The Balaban J connectivity index is 2.21. The molecule has 1 aromatic rings. The number of anilines is 1. The van der Waals surface area contributed by atoms with Crippen molar-refractivity contribution in [3.8, 4) is 0 Å². The minimum Gasteiger partial charge on any atom is -0.381 e. The molecule has 10 heteroatoms. The van der Waals surface area contributed by atoms with Crippen LogP contribution in [0, 0.1) is 5.92 Å². The fourth-order valence-corrected chi connectivity index (χ4v) is 1.88. The summed E-state index contributed by atoms with van der Waals surface area (Å²) >= 11 is 0. The third-order valence-corrected chi connectivity index (χ3v) is 3.08. The van der Waals surface area contributed by atoms with Crippen LogP contribution >= 0.6 is 0 Å². The molecule has 1 rings (SSSR count). The van der Waals surface area contributed by atoms with Crippen LogP contribution in [0.25, 0.3) is 0 Å². The summed E-state index contributed by atoms with van der Waals surface area (Å²) in [5, 5.41) is 8.93. The summed E-state index contributed by atoms with van der Waals surface area (Å²) in [5.41, 5.74) is -0.972. The SMILES string of the molecule is CN=C(NCCCOCC(C)C)NCCNc1nccc(C(F)(F)F)n1. The second-order valence-electron chi connectivity index (χ2n) is 5.94. The molecule has 0 fully saturated rings. The van der Waals surface area contributed by atoms with Gasteiger partial charge in [0, 0.05) is 46.1 Å². The van der Waals surface area contributed by atoms with Gasteiger partial charge >= 0.3 is 6.18 Å². The van der Waals surface area contributed by atoms with E-state index in [0.29, 0.717) is 38.1 Å². The number of aliphatic imine (C=N–C) groups is 1. The van der Waals surface area contributed by atoms with Crippen LogP contribution in [0.15, 0.2) is 17.3 Å². The maximum atomic E-state index is 12.6. The number of alkyl halides is 3. The second-order valence-corrected chi connectivity index (χ2v) is 5.94. The number of hydrogen-bond acceptors (Lipinski definition) is 5. The molecule has 7 nitrogen and oxygen atoms in total. The van der Waals surface area contributed by atoms with Crippen LogP contribution in [0.3, 0.4) is 0 Å². The standard InChI is InChI=1S/C16H27F3N6O/c1-12(2)11-26-10-4-6-21-14(20-3)23-8-9-24-15-22-7-5-13(25-15)16(17,18)19/h5,7,12H,4,6,8-11H2,1-3H3,(H2,20,21,23)(H,22,24,25). The van der Waals surface area contributed by atoms with Crippen LogP contribution in [0.5, 0.6) is 0 Å². The Kier molecular flexibility index (Phi) is 9.71. The highest BCUT2D eigenvalue weighted by Crippen LogP contribution is 2.27. The summed E-state index contributed by atoms with van der Waals surface area (Å²) in [6.45, 7) is 7.13. The van der Waals surface area contributed by atoms with Gasteiger partial charge in [-0.05, 0) is 18.4 Å². The van der Waals surface area contributed by atoms with Gasteiger partial charge in [0.25, 0.3) is 0 Å². The van der Waals surface area contributed by atoms with Crippen molar-refractivity contribution in [2.45, 2.75) is 26.4 Å². The lowest BCUT2D eigenvalue weighted by molar-refractivity contribution is -0.141. The van der Waals surface area contributed by atoms with Crippen LogP contribution in [0.4, 0.5) is 19.1 Å². The van der Waals surface area contributed by atoms with Crippen molar-refractivity contribution in [1.82, 2.24) is 20.6 Å². The van der Waals surface area contributed by atoms with Gasteiger partial charge in [0.05, 0.1) is 0 Å². The predicted octanol–water partition coefficient (Wildman–Crippen LogP) is 2.13. The number of nitrogens with zero attached hydrogens (tertiary/aromatic N) is 3. The Bertz CT molecular complexity index is 551. The first-order valence-corrected chi connectivity index (χ1v) is 8.49. The third kappa shape index (κ3) is 9.40. The molecule has 0 saturated carbocycles. The molecule has 3 N–H and O–H groups in total. The van der Waals surface area contributed by atoms with E-state index in [9.17, 15) is 13.2 Å². The fourth-order valence-electron chi connectivity index (χ4n) is 1.88. The lowest BCUT2D eigenvalue weighted by Crippen LogP contribution is -2.40. The Morgan fingerprint density at radius 1 is 1.23 bits per heavy atom. The topological polar surface area (TPSA) is 83.5 Å². The van der Waals surface area contributed by atoms with E-state index in [1.165, 1.54) is 0 Å². The summed E-state index contributed by atoms with van der Waals surface area (Å²) in [7, 11) is 1.65. The lowest BCUT2D eigenvalue weighted by Gasteiger charge is -2.13. The monoisotopic (exact) mass is 376 g/mol. The number of ether oxygens (including phenoxy) is 1. The molecule has 0 radical (unpaired) electrons. The molecule has 0 saturated heterocycles.